The van der Waals surface area contributed by atoms with Crippen LogP contribution in [-0.4, -0.2) is 4.98 Å². The van der Waals surface area contributed by atoms with E-state index in [1.165, 1.54) is 4.88 Å². The third-order valence-corrected chi connectivity index (χ3v) is 2.74. The van der Waals surface area contributed by atoms with Crippen LogP contribution in [0, 0.1) is 3.01 Å². The fraction of sp³-hybridized carbons (Fsp3) is 0.400. The molecular weight excluding hydrogens is 233 g/mol. The molecule has 1 rings (SSSR count). The minimum absolute atomic E-state index is 1.11. The van der Waals surface area contributed by atoms with Gasteiger partial charge < -0.3 is 0 Å². The maximum absolute atomic E-state index is 4.09. The van der Waals surface area contributed by atoms with Crippen LogP contribution in [0.2, 0.25) is 0 Å². The largest absolute Gasteiger partial charge is 0.238 e. The summed E-state index contributed by atoms with van der Waals surface area (Å²) in [4.78, 5) is 5.46. The molecule has 0 atom stereocenters. The monoisotopic (exact) mass is 239 g/mol. The van der Waals surface area contributed by atoms with Crippen LogP contribution in [0.15, 0.2) is 6.20 Å². The van der Waals surface area contributed by atoms with E-state index in [4.69, 9.17) is 0 Å². The SMILES string of the molecule is CCc1cnc(I)s1. The molecule has 0 unspecified atom stereocenters. The van der Waals surface area contributed by atoms with Crippen molar-refractivity contribution in [1.82, 2.24) is 4.98 Å². The minimum Gasteiger partial charge on any atom is -0.238 e. The summed E-state index contributed by atoms with van der Waals surface area (Å²) >= 11 is 3.99. The van der Waals surface area contributed by atoms with E-state index >= 15 is 0 Å². The van der Waals surface area contributed by atoms with Crippen molar-refractivity contribution < 1.29 is 0 Å². The molecule has 0 aliphatic heterocycles. The van der Waals surface area contributed by atoms with Gasteiger partial charge in [0.05, 0.1) is 0 Å². The lowest BCUT2D eigenvalue weighted by atomic mass is 10.4. The molecule has 0 saturated carbocycles. The fourth-order valence-corrected chi connectivity index (χ4v) is 2.01. The highest BCUT2D eigenvalue weighted by Gasteiger charge is 1.92. The fourth-order valence-electron chi connectivity index (χ4n) is 0.447. The molecule has 1 aromatic rings. The van der Waals surface area contributed by atoms with Crippen LogP contribution in [0.4, 0.5) is 0 Å². The molecule has 0 N–H and O–H groups in total. The van der Waals surface area contributed by atoms with Crippen molar-refractivity contribution in [2.75, 3.05) is 0 Å². The summed E-state index contributed by atoms with van der Waals surface area (Å²) in [6.45, 7) is 2.14. The van der Waals surface area contributed by atoms with Crippen molar-refractivity contribution in [1.29, 1.82) is 0 Å². The summed E-state index contributed by atoms with van der Waals surface area (Å²) in [5, 5.41) is 0. The first-order chi connectivity index (χ1) is 3.83. The standard InChI is InChI=1S/C5H6INS/c1-2-4-3-7-5(6)8-4/h3H,2H2,1H3. The summed E-state index contributed by atoms with van der Waals surface area (Å²) < 4.78 is 1.14. The van der Waals surface area contributed by atoms with Crippen LogP contribution in [0.1, 0.15) is 11.8 Å². The van der Waals surface area contributed by atoms with Crippen molar-refractivity contribution >= 4 is 33.9 Å². The van der Waals surface area contributed by atoms with Gasteiger partial charge in [-0.05, 0) is 29.0 Å². The van der Waals surface area contributed by atoms with Crippen LogP contribution in [0.25, 0.3) is 0 Å². The molecule has 1 nitrogen and oxygen atoms in total. The molecule has 44 valence electrons. The van der Waals surface area contributed by atoms with Crippen LogP contribution in [0.3, 0.4) is 0 Å². The molecule has 3 heteroatoms. The van der Waals surface area contributed by atoms with E-state index in [0.717, 1.165) is 9.44 Å². The topological polar surface area (TPSA) is 12.9 Å². The van der Waals surface area contributed by atoms with Gasteiger partial charge in [0.1, 0.15) is 0 Å². The number of hydrogen-bond acceptors (Lipinski definition) is 2. The van der Waals surface area contributed by atoms with E-state index in [1.54, 1.807) is 11.3 Å². The van der Waals surface area contributed by atoms with Gasteiger partial charge in [-0.3, -0.25) is 0 Å². The molecular formula is C5H6INS. The second kappa shape index (κ2) is 2.77. The Morgan fingerprint density at radius 2 is 2.62 bits per heavy atom. The molecule has 0 amide bonds. The lowest BCUT2D eigenvalue weighted by Gasteiger charge is -1.77. The van der Waals surface area contributed by atoms with E-state index in [2.05, 4.69) is 34.5 Å². The molecule has 0 spiro atoms. The van der Waals surface area contributed by atoms with Crippen molar-refractivity contribution in [3.05, 3.63) is 14.1 Å². The molecule has 0 fully saturated rings. The first-order valence-corrected chi connectivity index (χ1v) is 4.32. The number of halogens is 1. The highest BCUT2D eigenvalue weighted by atomic mass is 127. The van der Waals surface area contributed by atoms with Crippen LogP contribution in [0.5, 0.6) is 0 Å². The van der Waals surface area contributed by atoms with Gasteiger partial charge in [0.15, 0.2) is 3.01 Å². The van der Waals surface area contributed by atoms with E-state index in [0.29, 0.717) is 0 Å². The molecule has 0 radical (unpaired) electrons. The van der Waals surface area contributed by atoms with Crippen molar-refractivity contribution in [3.63, 3.8) is 0 Å². The summed E-state index contributed by atoms with van der Waals surface area (Å²) in [6.07, 6.45) is 3.05. The zero-order valence-electron chi connectivity index (χ0n) is 4.52. The Balaban J connectivity index is 2.84. The lowest BCUT2D eigenvalue weighted by molar-refractivity contribution is 1.16. The maximum atomic E-state index is 4.09. The molecule has 1 aromatic heterocycles. The highest BCUT2D eigenvalue weighted by molar-refractivity contribution is 14.1. The molecule has 0 aromatic carbocycles. The van der Waals surface area contributed by atoms with Gasteiger partial charge >= 0.3 is 0 Å². The van der Waals surface area contributed by atoms with Crippen LogP contribution in [-0.2, 0) is 6.42 Å². The van der Waals surface area contributed by atoms with Gasteiger partial charge in [0, 0.05) is 11.1 Å². The molecule has 0 aliphatic carbocycles. The van der Waals surface area contributed by atoms with Gasteiger partial charge in [0.25, 0.3) is 0 Å². The Hall–Kier alpha value is 0.360. The normalized spacial score (nSPS) is 9.75. The molecule has 0 aliphatic rings. The number of rotatable bonds is 1. The first-order valence-electron chi connectivity index (χ1n) is 2.43. The second-order valence-electron chi connectivity index (χ2n) is 1.43. The smallest absolute Gasteiger partial charge is 0.154 e. The lowest BCUT2D eigenvalue weighted by Crippen LogP contribution is -1.64. The summed E-state index contributed by atoms with van der Waals surface area (Å²) in [5.74, 6) is 0. The number of aromatic nitrogens is 1. The minimum atomic E-state index is 1.11. The number of hydrogen-bond donors (Lipinski definition) is 0. The van der Waals surface area contributed by atoms with Gasteiger partial charge in [-0.2, -0.15) is 0 Å². The Morgan fingerprint density at radius 1 is 1.88 bits per heavy atom. The van der Waals surface area contributed by atoms with Crippen molar-refractivity contribution in [2.45, 2.75) is 13.3 Å². The van der Waals surface area contributed by atoms with Gasteiger partial charge in [0.2, 0.25) is 0 Å². The third-order valence-electron chi connectivity index (χ3n) is 0.874. The summed E-state index contributed by atoms with van der Waals surface area (Å²) in [6, 6.07) is 0. The van der Waals surface area contributed by atoms with Crippen LogP contribution >= 0.6 is 33.9 Å². The number of nitrogens with zero attached hydrogens (tertiary/aromatic N) is 1. The Kier molecular flexibility index (Phi) is 2.25. The van der Waals surface area contributed by atoms with E-state index in [9.17, 15) is 0 Å². The third kappa shape index (κ3) is 1.42. The molecule has 0 bridgehead atoms. The zero-order valence-corrected chi connectivity index (χ0v) is 7.49. The van der Waals surface area contributed by atoms with Crippen molar-refractivity contribution in [3.8, 4) is 0 Å². The number of aryl methyl sites for hydroxylation is 1. The first kappa shape index (κ1) is 6.48. The summed E-state index contributed by atoms with van der Waals surface area (Å²) in [5.41, 5.74) is 0. The zero-order chi connectivity index (χ0) is 5.98. The van der Waals surface area contributed by atoms with Gasteiger partial charge in [-0.15, -0.1) is 11.3 Å². The molecule has 0 saturated heterocycles. The Morgan fingerprint density at radius 3 is 2.88 bits per heavy atom. The Bertz CT molecular complexity index is 173. The average Bonchev–Trinajstić information content (AvgIpc) is 2.14. The Labute approximate surface area is 66.3 Å². The molecule has 1 heterocycles. The predicted octanol–water partition coefficient (Wildman–Crippen LogP) is 2.31. The van der Waals surface area contributed by atoms with Crippen molar-refractivity contribution in [2.24, 2.45) is 0 Å². The average molecular weight is 239 g/mol. The number of thiazole rings is 1. The highest BCUT2D eigenvalue weighted by Crippen LogP contribution is 2.14. The maximum Gasteiger partial charge on any atom is 0.154 e. The predicted molar refractivity (Wildman–Crippen MR) is 44.2 cm³/mol. The van der Waals surface area contributed by atoms with Crippen LogP contribution < -0.4 is 0 Å². The van der Waals surface area contributed by atoms with E-state index in [1.807, 2.05) is 6.20 Å². The van der Waals surface area contributed by atoms with E-state index in [-0.39, 0.29) is 0 Å². The van der Waals surface area contributed by atoms with Gasteiger partial charge in [-0.1, -0.05) is 6.92 Å². The quantitative estimate of drug-likeness (QED) is 0.685. The molecule has 8 heavy (non-hydrogen) atoms. The summed E-state index contributed by atoms with van der Waals surface area (Å²) in [7, 11) is 0. The second-order valence-corrected chi connectivity index (χ2v) is 4.30. The van der Waals surface area contributed by atoms with Gasteiger partial charge in [-0.25, -0.2) is 4.98 Å². The van der Waals surface area contributed by atoms with E-state index < -0.39 is 0 Å².